The average molecular weight is 444 g/mol. The Morgan fingerprint density at radius 3 is 2.77 bits per heavy atom. The molecule has 0 radical (unpaired) electrons. The predicted molar refractivity (Wildman–Crippen MR) is 110 cm³/mol. The molecule has 154 valence electrons. The Hall–Kier alpha value is -3.24. The maximum absolute atomic E-state index is 13.0. The van der Waals surface area contributed by atoms with E-state index >= 15 is 0 Å². The minimum absolute atomic E-state index is 0.00953. The van der Waals surface area contributed by atoms with Crippen LogP contribution >= 0.6 is 22.7 Å². The second kappa shape index (κ2) is 7.88. The summed E-state index contributed by atoms with van der Waals surface area (Å²) in [5.41, 5.74) is 0.305. The first-order valence-corrected chi connectivity index (χ1v) is 10.7. The molecular weight excluding hydrogens is 428 g/mol. The normalized spacial score (nSPS) is 16.4. The fourth-order valence-corrected chi connectivity index (χ4v) is 4.97. The maximum atomic E-state index is 13.0. The van der Waals surface area contributed by atoms with Crippen LogP contribution in [0, 0.1) is 6.92 Å². The number of esters is 1. The minimum atomic E-state index is -0.893. The predicted octanol–water partition coefficient (Wildman–Crippen LogP) is 4.07. The van der Waals surface area contributed by atoms with Crippen LogP contribution in [0.1, 0.15) is 43.8 Å². The van der Waals surface area contributed by atoms with E-state index < -0.39 is 29.5 Å². The lowest BCUT2D eigenvalue weighted by molar-refractivity contribution is -0.117. The van der Waals surface area contributed by atoms with Gasteiger partial charge in [0.05, 0.1) is 24.1 Å². The van der Waals surface area contributed by atoms with Crippen LogP contribution in [0.15, 0.2) is 51.7 Å². The summed E-state index contributed by atoms with van der Waals surface area (Å²) in [5.74, 6) is -2.56. The molecule has 30 heavy (non-hydrogen) atoms. The largest absolute Gasteiger partial charge is 0.503 e. The maximum Gasteiger partial charge on any atom is 0.350 e. The summed E-state index contributed by atoms with van der Waals surface area (Å²) in [7, 11) is 0. The standard InChI is InChI=1S/C20H16N2O6S2/c1-3-27-19(26)17-10(2)21-20(30-17)22-14(12-7-5-9-29-12)13(16(24)18(22)25)15(23)11-6-4-8-28-11/h4-9,14,24H,3H2,1-2H3. The number of thiophene rings is 1. The number of Topliss-reactive ketones (excluding diaryl/α,β-unsaturated/α-hetero) is 1. The van der Waals surface area contributed by atoms with E-state index in [-0.39, 0.29) is 27.9 Å². The van der Waals surface area contributed by atoms with Crippen LogP contribution in [0.2, 0.25) is 0 Å². The zero-order valence-electron chi connectivity index (χ0n) is 15.9. The summed E-state index contributed by atoms with van der Waals surface area (Å²) in [6.07, 6.45) is 1.34. The SMILES string of the molecule is CCOC(=O)c1sc(N2C(=O)C(O)=C(C(=O)c3ccco3)C2c2cccs2)nc1C. The van der Waals surface area contributed by atoms with Gasteiger partial charge in [-0.2, -0.15) is 0 Å². The van der Waals surface area contributed by atoms with E-state index in [1.165, 1.54) is 28.6 Å². The van der Waals surface area contributed by atoms with E-state index in [9.17, 15) is 19.5 Å². The Bertz CT molecular complexity index is 1140. The zero-order chi connectivity index (χ0) is 21.4. The van der Waals surface area contributed by atoms with Gasteiger partial charge in [0.1, 0.15) is 10.9 Å². The molecule has 0 bridgehead atoms. The molecule has 3 aromatic heterocycles. The van der Waals surface area contributed by atoms with Crippen molar-refractivity contribution in [3.63, 3.8) is 0 Å². The van der Waals surface area contributed by atoms with Gasteiger partial charge in [0.2, 0.25) is 5.78 Å². The topological polar surface area (TPSA) is 110 Å². The molecule has 1 aliphatic rings. The first-order chi connectivity index (χ1) is 14.4. The fourth-order valence-electron chi connectivity index (χ4n) is 3.16. The number of carbonyl (C=O) groups is 3. The summed E-state index contributed by atoms with van der Waals surface area (Å²) in [6, 6.07) is 5.67. The Morgan fingerprint density at radius 1 is 1.33 bits per heavy atom. The molecule has 1 aliphatic heterocycles. The molecule has 8 nitrogen and oxygen atoms in total. The number of aryl methyl sites for hydroxylation is 1. The number of rotatable bonds is 6. The molecule has 4 heterocycles. The minimum Gasteiger partial charge on any atom is -0.503 e. The number of anilines is 1. The van der Waals surface area contributed by atoms with Gasteiger partial charge in [-0.25, -0.2) is 9.78 Å². The molecule has 1 N–H and O–H groups in total. The number of nitrogens with zero attached hydrogens (tertiary/aromatic N) is 2. The summed E-state index contributed by atoms with van der Waals surface area (Å²) < 4.78 is 10.2. The van der Waals surface area contributed by atoms with Gasteiger partial charge < -0.3 is 14.3 Å². The lowest BCUT2D eigenvalue weighted by Crippen LogP contribution is -2.30. The van der Waals surface area contributed by atoms with Crippen molar-refractivity contribution in [2.45, 2.75) is 19.9 Å². The number of carbonyl (C=O) groups excluding carboxylic acids is 3. The van der Waals surface area contributed by atoms with E-state index in [0.29, 0.717) is 10.6 Å². The van der Waals surface area contributed by atoms with Gasteiger partial charge in [-0.3, -0.25) is 14.5 Å². The van der Waals surface area contributed by atoms with Crippen molar-refractivity contribution in [3.8, 4) is 0 Å². The van der Waals surface area contributed by atoms with Crippen molar-refractivity contribution in [1.29, 1.82) is 0 Å². The van der Waals surface area contributed by atoms with Crippen molar-refractivity contribution in [1.82, 2.24) is 4.98 Å². The van der Waals surface area contributed by atoms with Crippen LogP contribution < -0.4 is 4.90 Å². The number of amides is 1. The van der Waals surface area contributed by atoms with E-state index in [1.807, 2.05) is 0 Å². The summed E-state index contributed by atoms with van der Waals surface area (Å²) in [6.45, 7) is 3.53. The Morgan fingerprint density at radius 2 is 2.13 bits per heavy atom. The number of ether oxygens (including phenoxy) is 1. The van der Waals surface area contributed by atoms with Gasteiger partial charge in [-0.05, 0) is 37.4 Å². The molecule has 0 saturated carbocycles. The number of aliphatic hydroxyl groups is 1. The van der Waals surface area contributed by atoms with Crippen LogP contribution in [0.25, 0.3) is 0 Å². The Balaban J connectivity index is 1.81. The van der Waals surface area contributed by atoms with Gasteiger partial charge in [0, 0.05) is 4.88 Å². The second-order valence-electron chi connectivity index (χ2n) is 6.29. The molecule has 0 saturated heterocycles. The number of hydrogen-bond donors (Lipinski definition) is 1. The van der Waals surface area contributed by atoms with E-state index in [4.69, 9.17) is 9.15 Å². The molecule has 4 rings (SSSR count). The number of aromatic nitrogens is 1. The zero-order valence-corrected chi connectivity index (χ0v) is 17.6. The van der Waals surface area contributed by atoms with Crippen LogP contribution in [0.4, 0.5) is 5.13 Å². The fraction of sp³-hybridized carbons (Fsp3) is 0.200. The number of furan rings is 1. The number of aliphatic hydroxyl groups excluding tert-OH is 1. The van der Waals surface area contributed by atoms with Gasteiger partial charge in [0.15, 0.2) is 16.7 Å². The van der Waals surface area contributed by atoms with Crippen molar-refractivity contribution in [2.75, 3.05) is 11.5 Å². The molecule has 1 amide bonds. The lowest BCUT2D eigenvalue weighted by atomic mass is 10.0. The van der Waals surface area contributed by atoms with Crippen LogP contribution in [-0.4, -0.2) is 34.4 Å². The molecule has 0 fully saturated rings. The molecule has 0 spiro atoms. The first-order valence-electron chi connectivity index (χ1n) is 8.96. The highest BCUT2D eigenvalue weighted by molar-refractivity contribution is 7.17. The van der Waals surface area contributed by atoms with Crippen molar-refractivity contribution >= 4 is 45.5 Å². The Labute approximate surface area is 179 Å². The van der Waals surface area contributed by atoms with Crippen molar-refractivity contribution < 1.29 is 28.6 Å². The van der Waals surface area contributed by atoms with Crippen LogP contribution in [-0.2, 0) is 9.53 Å². The second-order valence-corrected chi connectivity index (χ2v) is 8.25. The van der Waals surface area contributed by atoms with Gasteiger partial charge in [-0.15, -0.1) is 11.3 Å². The molecule has 1 unspecified atom stereocenters. The molecule has 0 aromatic carbocycles. The molecular formula is C20H16N2O6S2. The summed E-state index contributed by atoms with van der Waals surface area (Å²) >= 11 is 2.30. The van der Waals surface area contributed by atoms with Crippen LogP contribution in [0.3, 0.4) is 0 Å². The van der Waals surface area contributed by atoms with Crippen molar-refractivity contribution in [3.05, 3.63) is 68.4 Å². The first kappa shape index (κ1) is 20.0. The van der Waals surface area contributed by atoms with Gasteiger partial charge in [0.25, 0.3) is 5.91 Å². The smallest absolute Gasteiger partial charge is 0.350 e. The third-order valence-electron chi connectivity index (χ3n) is 4.46. The van der Waals surface area contributed by atoms with E-state index in [2.05, 4.69) is 4.98 Å². The summed E-state index contributed by atoms with van der Waals surface area (Å²) in [5, 5.41) is 12.6. The highest BCUT2D eigenvalue weighted by Crippen LogP contribution is 2.44. The van der Waals surface area contributed by atoms with Gasteiger partial charge in [-0.1, -0.05) is 17.4 Å². The molecule has 3 aromatic rings. The quantitative estimate of drug-likeness (QED) is 0.451. The number of ketones is 1. The monoisotopic (exact) mass is 444 g/mol. The molecule has 0 aliphatic carbocycles. The van der Waals surface area contributed by atoms with E-state index in [0.717, 1.165) is 11.3 Å². The highest BCUT2D eigenvalue weighted by Gasteiger charge is 2.47. The third kappa shape index (κ3) is 3.23. The number of thiazole rings is 1. The van der Waals surface area contributed by atoms with Gasteiger partial charge >= 0.3 is 5.97 Å². The summed E-state index contributed by atoms with van der Waals surface area (Å²) in [4.78, 5) is 44.7. The van der Waals surface area contributed by atoms with E-state index in [1.54, 1.807) is 37.4 Å². The van der Waals surface area contributed by atoms with Crippen LogP contribution in [0.5, 0.6) is 0 Å². The van der Waals surface area contributed by atoms with Crippen molar-refractivity contribution in [2.24, 2.45) is 0 Å². The number of hydrogen-bond acceptors (Lipinski definition) is 9. The average Bonchev–Trinajstić information content (AvgIpc) is 3.50. The Kier molecular flexibility index (Phi) is 5.27. The molecule has 1 atom stereocenters. The molecule has 10 heteroatoms. The third-order valence-corrected chi connectivity index (χ3v) is 6.52. The highest BCUT2D eigenvalue weighted by atomic mass is 32.1. The lowest BCUT2D eigenvalue weighted by Gasteiger charge is -2.22.